The molecule has 1 aliphatic rings. The van der Waals surface area contributed by atoms with Crippen LogP contribution in [0.3, 0.4) is 0 Å². The van der Waals surface area contributed by atoms with Crippen LogP contribution in [-0.2, 0) is 5.54 Å². The van der Waals surface area contributed by atoms with Crippen LogP contribution in [0.1, 0.15) is 12.8 Å². The maximum Gasteiger partial charge on any atom is 0.412 e. The second kappa shape index (κ2) is 3.52. The SMILES string of the molecule is COc1ccc2nc(N)n(C3(C(F)(F)F)CC3)c2n1. The summed E-state index contributed by atoms with van der Waals surface area (Å²) in [5.74, 6) is 0.0530. The van der Waals surface area contributed by atoms with E-state index in [1.165, 1.54) is 13.2 Å². The van der Waals surface area contributed by atoms with Gasteiger partial charge in [-0.15, -0.1) is 0 Å². The van der Waals surface area contributed by atoms with Crippen LogP contribution in [-0.4, -0.2) is 27.8 Å². The highest BCUT2D eigenvalue weighted by molar-refractivity contribution is 5.75. The van der Waals surface area contributed by atoms with E-state index >= 15 is 0 Å². The Hall–Kier alpha value is -1.99. The number of hydrogen-bond acceptors (Lipinski definition) is 4. The summed E-state index contributed by atoms with van der Waals surface area (Å²) < 4.78 is 45.5. The maximum absolute atomic E-state index is 13.2. The number of hydrogen-bond donors (Lipinski definition) is 1. The molecule has 2 aromatic heterocycles. The average Bonchev–Trinajstić information content (AvgIpc) is 3.07. The predicted molar refractivity (Wildman–Crippen MR) is 61.8 cm³/mol. The molecular formula is C11H11F3N4O. The van der Waals surface area contributed by atoms with Crippen LogP contribution < -0.4 is 10.5 Å². The van der Waals surface area contributed by atoms with Crippen LogP contribution in [0.25, 0.3) is 11.2 Å². The summed E-state index contributed by atoms with van der Waals surface area (Å²) in [6.07, 6.45) is -4.39. The van der Waals surface area contributed by atoms with Crippen molar-refractivity contribution in [3.63, 3.8) is 0 Å². The van der Waals surface area contributed by atoms with E-state index in [1.807, 2.05) is 0 Å². The molecule has 0 atom stereocenters. The number of nitrogens with zero attached hydrogens (tertiary/aromatic N) is 3. The number of halogens is 3. The second-order valence-corrected chi connectivity index (χ2v) is 4.53. The van der Waals surface area contributed by atoms with Gasteiger partial charge in [-0.25, -0.2) is 4.98 Å². The van der Waals surface area contributed by atoms with Gasteiger partial charge in [-0.1, -0.05) is 0 Å². The number of anilines is 1. The first kappa shape index (κ1) is 12.1. The zero-order chi connectivity index (χ0) is 13.8. The lowest BCUT2D eigenvalue weighted by molar-refractivity contribution is -0.178. The van der Waals surface area contributed by atoms with Gasteiger partial charge in [-0.2, -0.15) is 18.2 Å². The van der Waals surface area contributed by atoms with E-state index in [4.69, 9.17) is 10.5 Å². The molecule has 0 amide bonds. The van der Waals surface area contributed by atoms with Crippen molar-refractivity contribution in [2.24, 2.45) is 0 Å². The minimum Gasteiger partial charge on any atom is -0.481 e. The van der Waals surface area contributed by atoms with E-state index in [0.29, 0.717) is 5.52 Å². The van der Waals surface area contributed by atoms with E-state index in [1.54, 1.807) is 6.07 Å². The number of aromatic nitrogens is 3. The van der Waals surface area contributed by atoms with Gasteiger partial charge in [0.05, 0.1) is 7.11 Å². The van der Waals surface area contributed by atoms with Crippen molar-refractivity contribution in [1.29, 1.82) is 0 Å². The van der Waals surface area contributed by atoms with Crippen LogP contribution in [0.15, 0.2) is 12.1 Å². The van der Waals surface area contributed by atoms with E-state index in [-0.39, 0.29) is 30.3 Å². The number of nitrogens with two attached hydrogens (primary N) is 1. The number of alkyl halides is 3. The van der Waals surface area contributed by atoms with Crippen molar-refractivity contribution in [3.05, 3.63) is 12.1 Å². The molecule has 0 aliphatic heterocycles. The number of methoxy groups -OCH3 is 1. The molecular weight excluding hydrogens is 261 g/mol. The molecule has 0 saturated heterocycles. The predicted octanol–water partition coefficient (Wildman–Crippen LogP) is 2.07. The number of fused-ring (bicyclic) bond motifs is 1. The molecule has 0 unspecified atom stereocenters. The first-order valence-corrected chi connectivity index (χ1v) is 5.65. The Kier molecular flexibility index (Phi) is 2.24. The Morgan fingerprint density at radius 3 is 2.53 bits per heavy atom. The largest absolute Gasteiger partial charge is 0.481 e. The molecule has 0 spiro atoms. The average molecular weight is 272 g/mol. The molecule has 0 radical (unpaired) electrons. The zero-order valence-electron chi connectivity index (χ0n) is 10.0. The monoisotopic (exact) mass is 272 g/mol. The minimum atomic E-state index is -4.38. The quantitative estimate of drug-likeness (QED) is 0.908. The number of ether oxygens (including phenoxy) is 1. The standard InChI is InChI=1S/C11H11F3N4O/c1-19-7-3-2-6-8(17-7)18(9(15)16-6)10(4-5-10)11(12,13)14/h2-3H,4-5H2,1H3,(H2,15,16). The highest BCUT2D eigenvalue weighted by Crippen LogP contribution is 2.57. The fourth-order valence-electron chi connectivity index (χ4n) is 2.25. The van der Waals surface area contributed by atoms with Crippen molar-refractivity contribution >= 4 is 17.1 Å². The third kappa shape index (κ3) is 1.55. The summed E-state index contributed by atoms with van der Waals surface area (Å²) in [6, 6.07) is 3.08. The molecule has 1 aliphatic carbocycles. The fourth-order valence-corrected chi connectivity index (χ4v) is 2.25. The maximum atomic E-state index is 13.2. The Labute approximate surface area is 106 Å². The van der Waals surface area contributed by atoms with Gasteiger partial charge in [-0.05, 0) is 18.9 Å². The highest BCUT2D eigenvalue weighted by atomic mass is 19.4. The molecule has 2 heterocycles. The van der Waals surface area contributed by atoms with Gasteiger partial charge in [0, 0.05) is 6.07 Å². The third-order valence-electron chi connectivity index (χ3n) is 3.39. The molecule has 2 N–H and O–H groups in total. The lowest BCUT2D eigenvalue weighted by atomic mass is 10.2. The van der Waals surface area contributed by atoms with E-state index in [2.05, 4.69) is 9.97 Å². The molecule has 1 saturated carbocycles. The van der Waals surface area contributed by atoms with E-state index in [0.717, 1.165) is 4.57 Å². The van der Waals surface area contributed by atoms with Crippen molar-refractivity contribution < 1.29 is 17.9 Å². The minimum absolute atomic E-state index is 0.00888. The summed E-state index contributed by atoms with van der Waals surface area (Å²) in [6.45, 7) is 0. The summed E-state index contributed by atoms with van der Waals surface area (Å²) >= 11 is 0. The van der Waals surface area contributed by atoms with Crippen LogP contribution in [0.4, 0.5) is 19.1 Å². The van der Waals surface area contributed by atoms with Gasteiger partial charge in [0.25, 0.3) is 0 Å². The summed E-state index contributed by atoms with van der Waals surface area (Å²) in [4.78, 5) is 7.96. The van der Waals surface area contributed by atoms with Gasteiger partial charge in [0.1, 0.15) is 11.1 Å². The van der Waals surface area contributed by atoms with Crippen LogP contribution in [0.2, 0.25) is 0 Å². The molecule has 102 valence electrons. The van der Waals surface area contributed by atoms with Crippen molar-refractivity contribution in [3.8, 4) is 5.88 Å². The highest BCUT2D eigenvalue weighted by Gasteiger charge is 2.66. The van der Waals surface area contributed by atoms with Crippen LogP contribution in [0, 0.1) is 0 Å². The first-order valence-electron chi connectivity index (χ1n) is 5.65. The number of imidazole rings is 1. The molecule has 5 nitrogen and oxygen atoms in total. The Balaban J connectivity index is 2.26. The smallest absolute Gasteiger partial charge is 0.412 e. The van der Waals surface area contributed by atoms with Gasteiger partial charge in [0.15, 0.2) is 5.65 Å². The Bertz CT molecular complexity index is 645. The fraction of sp³-hybridized carbons (Fsp3) is 0.455. The normalized spacial score (nSPS) is 17.7. The number of nitrogen functional groups attached to an aromatic ring is 1. The Morgan fingerprint density at radius 1 is 1.32 bits per heavy atom. The molecule has 2 aromatic rings. The van der Waals surface area contributed by atoms with Gasteiger partial charge >= 0.3 is 6.18 Å². The van der Waals surface area contributed by atoms with Crippen molar-refractivity contribution in [1.82, 2.24) is 14.5 Å². The zero-order valence-corrected chi connectivity index (χ0v) is 10.0. The molecule has 19 heavy (non-hydrogen) atoms. The molecule has 0 aromatic carbocycles. The van der Waals surface area contributed by atoms with Crippen molar-refractivity contribution in [2.75, 3.05) is 12.8 Å². The molecule has 1 fully saturated rings. The number of pyridine rings is 1. The number of rotatable bonds is 2. The third-order valence-corrected chi connectivity index (χ3v) is 3.39. The molecule has 0 bridgehead atoms. The molecule has 3 rings (SSSR count). The summed E-state index contributed by atoms with van der Waals surface area (Å²) in [7, 11) is 1.40. The van der Waals surface area contributed by atoms with Gasteiger partial charge in [-0.3, -0.25) is 4.57 Å². The summed E-state index contributed by atoms with van der Waals surface area (Å²) in [5, 5.41) is 0. The van der Waals surface area contributed by atoms with E-state index in [9.17, 15) is 13.2 Å². The molecule has 8 heteroatoms. The van der Waals surface area contributed by atoms with E-state index < -0.39 is 11.7 Å². The van der Waals surface area contributed by atoms with Gasteiger partial charge < -0.3 is 10.5 Å². The van der Waals surface area contributed by atoms with Crippen molar-refractivity contribution in [2.45, 2.75) is 24.6 Å². The topological polar surface area (TPSA) is 66.0 Å². The van der Waals surface area contributed by atoms with Gasteiger partial charge in [0.2, 0.25) is 11.8 Å². The Morgan fingerprint density at radius 2 is 2.00 bits per heavy atom. The first-order chi connectivity index (χ1) is 8.89. The summed E-state index contributed by atoms with van der Waals surface area (Å²) in [5.41, 5.74) is 4.10. The van der Waals surface area contributed by atoms with Crippen LogP contribution in [0.5, 0.6) is 5.88 Å². The van der Waals surface area contributed by atoms with Crippen LogP contribution >= 0.6 is 0 Å². The lowest BCUT2D eigenvalue weighted by Crippen LogP contribution is -2.35. The second-order valence-electron chi connectivity index (χ2n) is 4.53. The lowest BCUT2D eigenvalue weighted by Gasteiger charge is -2.22.